The average Bonchev–Trinajstić information content (AvgIpc) is 3.85. The fraction of sp³-hybridized carbons (Fsp3) is 0.613. The number of aliphatic hydroxyl groups is 1. The zero-order valence-corrected chi connectivity index (χ0v) is 24.9. The third-order valence-corrected chi connectivity index (χ3v) is 7.81. The summed E-state index contributed by atoms with van der Waals surface area (Å²) in [5.41, 5.74) is -0.734. The summed E-state index contributed by atoms with van der Waals surface area (Å²) in [6.07, 6.45) is 3.30. The van der Waals surface area contributed by atoms with Crippen LogP contribution >= 0.6 is 0 Å². The van der Waals surface area contributed by atoms with Gasteiger partial charge in [-0.15, -0.1) is 0 Å². The molecular formula is C31H42N4O7. The lowest BCUT2D eigenvalue weighted by Gasteiger charge is -2.28. The molecule has 2 N–H and O–H groups in total. The molecule has 5 rings (SSSR count). The number of carbonyl (C=O) groups is 3. The summed E-state index contributed by atoms with van der Waals surface area (Å²) >= 11 is 0. The number of fused-ring (bicyclic) bond motifs is 1. The molecule has 2 aliphatic carbocycles. The van der Waals surface area contributed by atoms with Crippen molar-refractivity contribution < 1.29 is 33.7 Å². The van der Waals surface area contributed by atoms with Crippen LogP contribution in [0.2, 0.25) is 0 Å². The monoisotopic (exact) mass is 582 g/mol. The van der Waals surface area contributed by atoms with Gasteiger partial charge in [0.25, 0.3) is 0 Å². The number of pyridine rings is 1. The molecule has 228 valence electrons. The number of hydrogen-bond acceptors (Lipinski definition) is 8. The van der Waals surface area contributed by atoms with Crippen molar-refractivity contribution in [3.8, 4) is 11.6 Å². The van der Waals surface area contributed by atoms with Gasteiger partial charge in [-0.2, -0.15) is 0 Å². The van der Waals surface area contributed by atoms with Gasteiger partial charge >= 0.3 is 6.09 Å². The van der Waals surface area contributed by atoms with Crippen molar-refractivity contribution in [1.29, 1.82) is 0 Å². The zero-order chi connectivity index (χ0) is 30.0. The minimum atomic E-state index is -0.785. The maximum atomic E-state index is 13.8. The van der Waals surface area contributed by atoms with E-state index in [1.807, 2.05) is 31.2 Å². The van der Waals surface area contributed by atoms with Crippen LogP contribution in [-0.4, -0.2) is 88.5 Å². The lowest BCUT2D eigenvalue weighted by atomic mass is 10.1. The Balaban J connectivity index is 1.32. The Morgan fingerprint density at radius 1 is 1.17 bits per heavy atom. The number of nitrogens with one attached hydrogen (secondary N) is 1. The van der Waals surface area contributed by atoms with Gasteiger partial charge in [0.05, 0.1) is 19.1 Å². The molecule has 1 saturated heterocycles. The quantitative estimate of drug-likeness (QED) is 0.413. The Morgan fingerprint density at radius 2 is 1.95 bits per heavy atom. The normalized spacial score (nSPS) is 23.4. The van der Waals surface area contributed by atoms with Crippen LogP contribution in [-0.2, 0) is 14.3 Å². The second-order valence-corrected chi connectivity index (χ2v) is 12.5. The van der Waals surface area contributed by atoms with Crippen LogP contribution in [0.5, 0.6) is 11.6 Å². The first-order valence-electron chi connectivity index (χ1n) is 14.9. The summed E-state index contributed by atoms with van der Waals surface area (Å²) in [6, 6.07) is 7.77. The first-order chi connectivity index (χ1) is 20.1. The van der Waals surface area contributed by atoms with Crippen molar-refractivity contribution in [3.05, 3.63) is 30.5 Å². The highest BCUT2D eigenvalue weighted by Gasteiger charge is 2.48. The minimum absolute atomic E-state index is 0.0558. The molecule has 2 aromatic rings. The summed E-state index contributed by atoms with van der Waals surface area (Å²) in [5, 5.41) is 14.4. The third kappa shape index (κ3) is 7.24. The van der Waals surface area contributed by atoms with Crippen LogP contribution in [0.15, 0.2) is 30.5 Å². The molecule has 1 aliphatic heterocycles. The predicted molar refractivity (Wildman–Crippen MR) is 155 cm³/mol. The van der Waals surface area contributed by atoms with Crippen LogP contribution in [0.3, 0.4) is 0 Å². The van der Waals surface area contributed by atoms with Gasteiger partial charge in [-0.25, -0.2) is 9.78 Å². The van der Waals surface area contributed by atoms with Crippen molar-refractivity contribution in [2.45, 2.75) is 71.2 Å². The van der Waals surface area contributed by atoms with Crippen LogP contribution in [0.25, 0.3) is 10.8 Å². The maximum Gasteiger partial charge on any atom is 0.413 e. The Kier molecular flexibility index (Phi) is 8.77. The summed E-state index contributed by atoms with van der Waals surface area (Å²) in [6.45, 7) is 8.30. The number of ether oxygens (including phenoxy) is 3. The molecule has 3 aliphatic rings. The first kappa shape index (κ1) is 29.9. The van der Waals surface area contributed by atoms with Gasteiger partial charge in [-0.3, -0.25) is 14.5 Å². The van der Waals surface area contributed by atoms with E-state index in [0.29, 0.717) is 25.1 Å². The number of nitrogens with zero attached hydrogens (tertiary/aromatic N) is 3. The van der Waals surface area contributed by atoms with E-state index in [0.717, 1.165) is 35.8 Å². The number of rotatable bonds is 11. The summed E-state index contributed by atoms with van der Waals surface area (Å²) < 4.78 is 17.6. The SMILES string of the molecule is CCOc1ccc2c(O[C@H]3C[C@@H](C(=O)N(CCO)CC4CC4C(=O)NC4CC4)CN3C(=O)OC(C)(C)C)nccc2c1. The summed E-state index contributed by atoms with van der Waals surface area (Å²) in [4.78, 5) is 47.0. The molecule has 3 fully saturated rings. The third-order valence-electron chi connectivity index (χ3n) is 7.81. The molecule has 2 heterocycles. The molecule has 3 amide bonds. The van der Waals surface area contributed by atoms with E-state index in [-0.39, 0.29) is 49.8 Å². The molecule has 2 saturated carbocycles. The molecular weight excluding hydrogens is 540 g/mol. The van der Waals surface area contributed by atoms with Crippen molar-refractivity contribution >= 4 is 28.7 Å². The Hall–Kier alpha value is -3.60. The molecule has 2 unspecified atom stereocenters. The molecule has 11 nitrogen and oxygen atoms in total. The molecule has 42 heavy (non-hydrogen) atoms. The number of aromatic nitrogens is 1. The molecule has 1 aromatic carbocycles. The van der Waals surface area contributed by atoms with Gasteiger partial charge < -0.3 is 29.5 Å². The van der Waals surface area contributed by atoms with Gasteiger partial charge in [0, 0.05) is 49.6 Å². The lowest BCUT2D eigenvalue weighted by molar-refractivity contribution is -0.136. The van der Waals surface area contributed by atoms with Crippen LogP contribution < -0.4 is 14.8 Å². The van der Waals surface area contributed by atoms with Gasteiger partial charge in [-0.1, -0.05) is 0 Å². The second kappa shape index (κ2) is 12.3. The number of benzene rings is 1. The van der Waals surface area contributed by atoms with Gasteiger partial charge in [0.1, 0.15) is 11.4 Å². The minimum Gasteiger partial charge on any atom is -0.494 e. The topological polar surface area (TPSA) is 131 Å². The smallest absolute Gasteiger partial charge is 0.413 e. The number of hydrogen-bond donors (Lipinski definition) is 2. The first-order valence-corrected chi connectivity index (χ1v) is 14.9. The molecule has 11 heteroatoms. The zero-order valence-electron chi connectivity index (χ0n) is 24.9. The number of amides is 3. The highest BCUT2D eigenvalue weighted by molar-refractivity contribution is 5.88. The summed E-state index contributed by atoms with van der Waals surface area (Å²) in [5.74, 6) is 0.359. The highest BCUT2D eigenvalue weighted by atomic mass is 16.6. The number of aliphatic hydroxyl groups excluding tert-OH is 1. The second-order valence-electron chi connectivity index (χ2n) is 12.5. The van der Waals surface area contributed by atoms with Crippen molar-refractivity contribution in [2.24, 2.45) is 17.8 Å². The van der Waals surface area contributed by atoms with Crippen molar-refractivity contribution in [1.82, 2.24) is 20.1 Å². The van der Waals surface area contributed by atoms with E-state index < -0.39 is 23.8 Å². The van der Waals surface area contributed by atoms with E-state index in [2.05, 4.69) is 10.3 Å². The largest absolute Gasteiger partial charge is 0.494 e. The van der Waals surface area contributed by atoms with E-state index in [9.17, 15) is 19.5 Å². The fourth-order valence-corrected chi connectivity index (χ4v) is 5.47. The molecule has 4 atom stereocenters. The van der Waals surface area contributed by atoms with E-state index >= 15 is 0 Å². The van der Waals surface area contributed by atoms with Gasteiger partial charge in [0.2, 0.25) is 17.7 Å². The average molecular weight is 583 g/mol. The Bertz CT molecular complexity index is 1310. The van der Waals surface area contributed by atoms with E-state index in [4.69, 9.17) is 14.2 Å². The highest BCUT2D eigenvalue weighted by Crippen LogP contribution is 2.41. The molecule has 0 spiro atoms. The van der Waals surface area contributed by atoms with E-state index in [1.54, 1.807) is 31.9 Å². The Morgan fingerprint density at radius 3 is 2.64 bits per heavy atom. The van der Waals surface area contributed by atoms with Crippen LogP contribution in [0.4, 0.5) is 4.79 Å². The van der Waals surface area contributed by atoms with E-state index in [1.165, 1.54) is 4.90 Å². The standard InChI is InChI=1S/C31H42N4O7/c1-5-40-23-8-9-24-19(14-23)10-11-32-28(24)41-26-16-21(18-35(26)30(39)42-31(2,3)4)29(38)34(12-13-36)17-20-15-25(20)27(37)33-22-6-7-22/h8-11,14,20-22,25-26,36H,5-7,12-13,15-18H2,1-4H3,(H,33,37)/t20?,21-,25?,26+/m1/s1. The predicted octanol–water partition coefficient (Wildman–Crippen LogP) is 3.33. The number of carbonyl (C=O) groups excluding carboxylic acids is 3. The molecule has 0 bridgehead atoms. The van der Waals surface area contributed by atoms with Crippen molar-refractivity contribution in [3.63, 3.8) is 0 Å². The maximum absolute atomic E-state index is 13.8. The van der Waals surface area contributed by atoms with Crippen LogP contribution in [0.1, 0.15) is 53.4 Å². The van der Waals surface area contributed by atoms with Gasteiger partial charge in [-0.05, 0) is 82.5 Å². The summed E-state index contributed by atoms with van der Waals surface area (Å²) in [7, 11) is 0. The molecule has 1 aromatic heterocycles. The molecule has 0 radical (unpaired) electrons. The van der Waals surface area contributed by atoms with Crippen LogP contribution in [0, 0.1) is 17.8 Å². The van der Waals surface area contributed by atoms with Crippen molar-refractivity contribution in [2.75, 3.05) is 32.8 Å². The Labute approximate surface area is 246 Å². The number of likely N-dealkylation sites (tertiary alicyclic amines) is 1. The van der Waals surface area contributed by atoms with Gasteiger partial charge in [0.15, 0.2) is 6.23 Å². The lowest BCUT2D eigenvalue weighted by Crippen LogP contribution is -2.43. The fourth-order valence-electron chi connectivity index (χ4n) is 5.47.